The molecular formula is C18H16F2N2O2S2. The highest BCUT2D eigenvalue weighted by Gasteiger charge is 2.13. The Hall–Kier alpha value is -2.32. The molecule has 26 heavy (non-hydrogen) atoms. The molecule has 0 radical (unpaired) electrons. The van der Waals surface area contributed by atoms with Gasteiger partial charge in [-0.3, -0.25) is 4.79 Å². The number of aromatic nitrogens is 1. The van der Waals surface area contributed by atoms with Crippen LogP contribution in [0.15, 0.2) is 46.5 Å². The zero-order valence-electron chi connectivity index (χ0n) is 13.8. The number of nitrogens with zero attached hydrogens (tertiary/aromatic N) is 1. The average molecular weight is 394 g/mol. The van der Waals surface area contributed by atoms with Crippen molar-refractivity contribution in [3.05, 3.63) is 57.7 Å². The molecule has 0 aliphatic rings. The van der Waals surface area contributed by atoms with Crippen molar-refractivity contribution in [1.82, 2.24) is 10.3 Å². The summed E-state index contributed by atoms with van der Waals surface area (Å²) < 4.78 is 28.6. The number of nitrogens with one attached hydrogen (secondary N) is 1. The number of carbonyl (C=O) groups excluding carboxylic acids is 1. The number of alkyl halides is 2. The van der Waals surface area contributed by atoms with Gasteiger partial charge in [-0.2, -0.15) is 20.1 Å². The lowest BCUT2D eigenvalue weighted by atomic mass is 10.1. The number of hydrogen-bond donors (Lipinski definition) is 1. The summed E-state index contributed by atoms with van der Waals surface area (Å²) in [4.78, 5) is 16.7. The molecule has 0 saturated carbocycles. The molecule has 0 aliphatic heterocycles. The van der Waals surface area contributed by atoms with Gasteiger partial charge in [-0.15, -0.1) is 11.3 Å². The van der Waals surface area contributed by atoms with E-state index in [1.807, 2.05) is 29.1 Å². The molecule has 1 atom stereocenters. The van der Waals surface area contributed by atoms with Crippen LogP contribution >= 0.6 is 22.7 Å². The average Bonchev–Trinajstić information content (AvgIpc) is 3.26. The summed E-state index contributed by atoms with van der Waals surface area (Å²) in [7, 11) is 0. The molecule has 1 amide bonds. The van der Waals surface area contributed by atoms with Gasteiger partial charge in [0.05, 0.1) is 18.2 Å². The maximum Gasteiger partial charge on any atom is 0.387 e. The van der Waals surface area contributed by atoms with Crippen LogP contribution in [0.3, 0.4) is 0 Å². The topological polar surface area (TPSA) is 51.2 Å². The first-order valence-corrected chi connectivity index (χ1v) is 9.64. The van der Waals surface area contributed by atoms with E-state index in [2.05, 4.69) is 15.0 Å². The van der Waals surface area contributed by atoms with Crippen LogP contribution < -0.4 is 10.1 Å². The largest absolute Gasteiger partial charge is 0.435 e. The first-order chi connectivity index (χ1) is 12.5. The van der Waals surface area contributed by atoms with E-state index in [4.69, 9.17) is 0 Å². The van der Waals surface area contributed by atoms with Crippen LogP contribution in [-0.4, -0.2) is 17.5 Å². The summed E-state index contributed by atoms with van der Waals surface area (Å²) in [5.41, 5.74) is 2.59. The van der Waals surface area contributed by atoms with Crippen LogP contribution in [0, 0.1) is 0 Å². The molecule has 3 aromatic rings. The predicted molar refractivity (Wildman–Crippen MR) is 98.8 cm³/mol. The van der Waals surface area contributed by atoms with Crippen molar-refractivity contribution in [3.63, 3.8) is 0 Å². The minimum Gasteiger partial charge on any atom is -0.435 e. The molecule has 0 bridgehead atoms. The number of carbonyl (C=O) groups is 1. The molecule has 136 valence electrons. The summed E-state index contributed by atoms with van der Waals surface area (Å²) in [6.07, 6.45) is 0.192. The highest BCUT2D eigenvalue weighted by molar-refractivity contribution is 7.14. The standard InChI is InChI=1S/C18H16F2N2O2S2/c1-11(12-2-4-15(5-3-12)24-18(19)20)21-16(23)8-14-10-26-17(22-14)13-6-7-25-9-13/h2-7,9-11,18H,8H2,1H3,(H,21,23)/t11-/m0/s1. The summed E-state index contributed by atoms with van der Waals surface area (Å²) in [6, 6.07) is 7.96. The van der Waals surface area contributed by atoms with Crippen LogP contribution in [0.5, 0.6) is 5.75 Å². The third-order valence-electron chi connectivity index (χ3n) is 3.64. The van der Waals surface area contributed by atoms with Crippen molar-refractivity contribution in [2.75, 3.05) is 0 Å². The van der Waals surface area contributed by atoms with Crippen LogP contribution in [-0.2, 0) is 11.2 Å². The number of hydrogen-bond acceptors (Lipinski definition) is 5. The number of amides is 1. The number of rotatable bonds is 7. The van der Waals surface area contributed by atoms with E-state index in [0.29, 0.717) is 0 Å². The van der Waals surface area contributed by atoms with Crippen molar-refractivity contribution in [2.24, 2.45) is 0 Å². The summed E-state index contributed by atoms with van der Waals surface area (Å²) in [6.45, 7) is -1.02. The van der Waals surface area contributed by atoms with Crippen LogP contribution in [0.25, 0.3) is 10.6 Å². The van der Waals surface area contributed by atoms with Gasteiger partial charge in [-0.05, 0) is 36.1 Å². The Kier molecular flexibility index (Phi) is 5.95. The third kappa shape index (κ3) is 4.86. The summed E-state index contributed by atoms with van der Waals surface area (Å²) >= 11 is 3.12. The van der Waals surface area contributed by atoms with Crippen LogP contribution in [0.4, 0.5) is 8.78 Å². The van der Waals surface area contributed by atoms with Crippen molar-refractivity contribution in [2.45, 2.75) is 26.0 Å². The predicted octanol–water partition coefficient (Wildman–Crippen LogP) is 4.89. The van der Waals surface area contributed by atoms with Crippen LogP contribution in [0.1, 0.15) is 24.2 Å². The van der Waals surface area contributed by atoms with Gasteiger partial charge >= 0.3 is 6.61 Å². The molecule has 0 spiro atoms. The van der Waals surface area contributed by atoms with Gasteiger partial charge in [0.15, 0.2) is 0 Å². The minimum atomic E-state index is -2.85. The Balaban J connectivity index is 1.56. The first kappa shape index (κ1) is 18.5. The Morgan fingerprint density at radius 3 is 2.65 bits per heavy atom. The van der Waals surface area contributed by atoms with Gasteiger partial charge in [0, 0.05) is 16.3 Å². The Morgan fingerprint density at radius 2 is 2.00 bits per heavy atom. The number of benzene rings is 1. The summed E-state index contributed by atoms with van der Waals surface area (Å²) in [5, 5.41) is 9.68. The van der Waals surface area contributed by atoms with Gasteiger partial charge < -0.3 is 10.1 Å². The first-order valence-electron chi connectivity index (χ1n) is 7.82. The number of thiazole rings is 1. The molecule has 1 N–H and O–H groups in total. The monoisotopic (exact) mass is 394 g/mol. The van der Waals surface area contributed by atoms with E-state index < -0.39 is 6.61 Å². The van der Waals surface area contributed by atoms with Gasteiger partial charge in [0.1, 0.15) is 10.8 Å². The van der Waals surface area contributed by atoms with E-state index in [-0.39, 0.29) is 24.1 Å². The van der Waals surface area contributed by atoms with Crippen molar-refractivity contribution in [1.29, 1.82) is 0 Å². The lowest BCUT2D eigenvalue weighted by Crippen LogP contribution is -2.28. The Labute approximate surface area is 157 Å². The number of thiophene rings is 1. The minimum absolute atomic E-state index is 0.0886. The van der Waals surface area contributed by atoms with Crippen LogP contribution in [0.2, 0.25) is 0 Å². The highest BCUT2D eigenvalue weighted by atomic mass is 32.1. The normalized spacial score (nSPS) is 12.2. The van der Waals surface area contributed by atoms with Crippen molar-refractivity contribution >= 4 is 28.6 Å². The molecule has 0 unspecified atom stereocenters. The SMILES string of the molecule is C[C@H](NC(=O)Cc1csc(-c2ccsc2)n1)c1ccc(OC(F)F)cc1. The van der Waals surface area contributed by atoms with E-state index in [9.17, 15) is 13.6 Å². The Morgan fingerprint density at radius 1 is 1.23 bits per heavy atom. The fraction of sp³-hybridized carbons (Fsp3) is 0.222. The molecular weight excluding hydrogens is 378 g/mol. The van der Waals surface area contributed by atoms with E-state index in [1.165, 1.54) is 23.5 Å². The third-order valence-corrected chi connectivity index (χ3v) is 5.27. The maximum absolute atomic E-state index is 12.2. The summed E-state index contributed by atoms with van der Waals surface area (Å²) in [5.74, 6) is -0.0571. The molecule has 3 rings (SSSR count). The van der Waals surface area contributed by atoms with Crippen molar-refractivity contribution < 1.29 is 18.3 Å². The number of ether oxygens (including phenoxy) is 1. The molecule has 0 aliphatic carbocycles. The van der Waals surface area contributed by atoms with E-state index >= 15 is 0 Å². The maximum atomic E-state index is 12.2. The molecule has 2 aromatic heterocycles. The molecule has 1 aromatic carbocycles. The smallest absolute Gasteiger partial charge is 0.387 e. The second kappa shape index (κ2) is 8.37. The molecule has 4 nitrogen and oxygen atoms in total. The Bertz CT molecular complexity index is 848. The second-order valence-electron chi connectivity index (χ2n) is 5.57. The molecule has 0 fully saturated rings. The fourth-order valence-corrected chi connectivity index (χ4v) is 3.92. The zero-order chi connectivity index (χ0) is 18.5. The molecule has 2 heterocycles. The van der Waals surface area contributed by atoms with Gasteiger partial charge in [-0.25, -0.2) is 4.98 Å². The van der Waals surface area contributed by atoms with Gasteiger partial charge in [-0.1, -0.05) is 12.1 Å². The van der Waals surface area contributed by atoms with E-state index in [1.54, 1.807) is 23.5 Å². The molecule has 8 heteroatoms. The highest BCUT2D eigenvalue weighted by Crippen LogP contribution is 2.26. The van der Waals surface area contributed by atoms with E-state index in [0.717, 1.165) is 21.8 Å². The lowest BCUT2D eigenvalue weighted by molar-refractivity contribution is -0.121. The quantitative estimate of drug-likeness (QED) is 0.621. The fourth-order valence-electron chi connectivity index (χ4n) is 2.39. The van der Waals surface area contributed by atoms with Crippen molar-refractivity contribution in [3.8, 4) is 16.3 Å². The van der Waals surface area contributed by atoms with Gasteiger partial charge in [0.2, 0.25) is 5.91 Å². The molecule has 0 saturated heterocycles. The zero-order valence-corrected chi connectivity index (χ0v) is 15.4. The number of halogens is 2. The second-order valence-corrected chi connectivity index (χ2v) is 7.21. The van der Waals surface area contributed by atoms with Gasteiger partial charge in [0.25, 0.3) is 0 Å². The lowest BCUT2D eigenvalue weighted by Gasteiger charge is -2.14.